The molecule has 2 heteroatoms. The van der Waals surface area contributed by atoms with Gasteiger partial charge in [0.15, 0.2) is 5.78 Å². The number of benzene rings is 1. The third-order valence-electron chi connectivity index (χ3n) is 2.62. The predicted octanol–water partition coefficient (Wildman–Crippen LogP) is 3.20. The van der Waals surface area contributed by atoms with Gasteiger partial charge in [0.25, 0.3) is 0 Å². The first kappa shape index (κ1) is 12.2. The summed E-state index contributed by atoms with van der Waals surface area (Å²) in [6, 6.07) is 8.08. The molecule has 2 aliphatic carbocycles. The molecule has 0 bridgehead atoms. The van der Waals surface area contributed by atoms with Gasteiger partial charge in [-0.25, -0.2) is 0 Å². The highest BCUT2D eigenvalue weighted by Gasteiger charge is 2.23. The number of carbonyl (C=O) groups is 2. The average molecular weight is 238 g/mol. The van der Waals surface area contributed by atoms with E-state index >= 15 is 0 Å². The van der Waals surface area contributed by atoms with Crippen LogP contribution in [-0.2, 0) is 9.59 Å². The van der Waals surface area contributed by atoms with Crippen LogP contribution in [0, 0.1) is 0 Å². The number of rotatable bonds is 0. The van der Waals surface area contributed by atoms with E-state index in [2.05, 4.69) is 6.07 Å². The zero-order chi connectivity index (χ0) is 13.1. The topological polar surface area (TPSA) is 34.1 Å². The van der Waals surface area contributed by atoms with E-state index in [0.29, 0.717) is 0 Å². The fourth-order valence-corrected chi connectivity index (χ4v) is 1.95. The van der Waals surface area contributed by atoms with Crippen LogP contribution in [0.15, 0.2) is 48.1 Å². The van der Waals surface area contributed by atoms with Crippen LogP contribution in [0.1, 0.15) is 25.0 Å². The number of allylic oxidation sites excluding steroid dienone is 5. The Kier molecular flexibility index (Phi) is 3.38. The SMILES string of the molecule is CC(C)=O.O=C1C=CC=C2C1=Cc1ccccc12. The molecule has 0 amide bonds. The van der Waals surface area contributed by atoms with Gasteiger partial charge in [-0.1, -0.05) is 36.4 Å². The highest BCUT2D eigenvalue weighted by molar-refractivity contribution is 6.23. The molecule has 0 fully saturated rings. The van der Waals surface area contributed by atoms with Gasteiger partial charge in [0.2, 0.25) is 0 Å². The van der Waals surface area contributed by atoms with Crippen LogP contribution in [0.2, 0.25) is 0 Å². The molecule has 1 aromatic rings. The van der Waals surface area contributed by atoms with Crippen LogP contribution in [0.25, 0.3) is 11.6 Å². The lowest BCUT2D eigenvalue weighted by Crippen LogP contribution is -2.00. The Bertz CT molecular complexity index is 597. The summed E-state index contributed by atoms with van der Waals surface area (Å²) < 4.78 is 0. The molecule has 90 valence electrons. The molecule has 0 radical (unpaired) electrons. The first-order valence-electron chi connectivity index (χ1n) is 5.81. The Balaban J connectivity index is 0.000000267. The van der Waals surface area contributed by atoms with Crippen LogP contribution in [-0.4, -0.2) is 11.6 Å². The van der Waals surface area contributed by atoms with Crippen molar-refractivity contribution in [1.82, 2.24) is 0 Å². The molecule has 0 aromatic heterocycles. The number of ketones is 2. The van der Waals surface area contributed by atoms with Crippen molar-refractivity contribution in [3.8, 4) is 0 Å². The third-order valence-corrected chi connectivity index (χ3v) is 2.62. The first-order chi connectivity index (χ1) is 8.59. The maximum Gasteiger partial charge on any atom is 0.186 e. The number of Topliss-reactive ketones (excluding diaryl/α,β-unsaturated/α-hetero) is 1. The van der Waals surface area contributed by atoms with Crippen molar-refractivity contribution in [3.05, 3.63) is 59.2 Å². The fourth-order valence-electron chi connectivity index (χ4n) is 1.95. The van der Waals surface area contributed by atoms with E-state index in [1.54, 1.807) is 6.08 Å². The van der Waals surface area contributed by atoms with Crippen LogP contribution in [0.3, 0.4) is 0 Å². The fraction of sp³-hybridized carbons (Fsp3) is 0.125. The molecular weight excluding hydrogens is 224 g/mol. The van der Waals surface area contributed by atoms with Crippen molar-refractivity contribution in [3.63, 3.8) is 0 Å². The van der Waals surface area contributed by atoms with Crippen molar-refractivity contribution in [2.45, 2.75) is 13.8 Å². The average Bonchev–Trinajstić information content (AvgIpc) is 2.69. The monoisotopic (exact) mass is 238 g/mol. The Labute approximate surface area is 106 Å². The van der Waals surface area contributed by atoms with Crippen molar-refractivity contribution in [2.75, 3.05) is 0 Å². The van der Waals surface area contributed by atoms with Gasteiger partial charge in [-0.3, -0.25) is 4.79 Å². The zero-order valence-electron chi connectivity index (χ0n) is 10.4. The van der Waals surface area contributed by atoms with E-state index in [9.17, 15) is 9.59 Å². The standard InChI is InChI=1S/C13H8O.C3H6O/c14-13-7-3-6-11-10-5-2-1-4-9(10)8-12(11)13;1-3(2)4/h1-8H;1-2H3. The smallest absolute Gasteiger partial charge is 0.186 e. The maximum atomic E-state index is 11.5. The molecule has 3 rings (SSSR count). The Morgan fingerprint density at radius 2 is 1.72 bits per heavy atom. The van der Waals surface area contributed by atoms with E-state index in [1.165, 1.54) is 19.4 Å². The zero-order valence-corrected chi connectivity index (χ0v) is 10.4. The third kappa shape index (κ3) is 2.38. The van der Waals surface area contributed by atoms with Gasteiger partial charge in [0.1, 0.15) is 5.78 Å². The second kappa shape index (κ2) is 4.96. The van der Waals surface area contributed by atoms with Gasteiger partial charge in [-0.15, -0.1) is 0 Å². The maximum absolute atomic E-state index is 11.5. The molecule has 0 atom stereocenters. The first-order valence-corrected chi connectivity index (χ1v) is 5.81. The van der Waals surface area contributed by atoms with E-state index in [4.69, 9.17) is 0 Å². The summed E-state index contributed by atoms with van der Waals surface area (Å²) >= 11 is 0. The highest BCUT2D eigenvalue weighted by Crippen LogP contribution is 2.37. The van der Waals surface area contributed by atoms with Gasteiger partial charge in [-0.05, 0) is 42.7 Å². The minimum Gasteiger partial charge on any atom is -0.300 e. The molecular formula is C16H14O2. The molecule has 2 aliphatic rings. The molecule has 0 aliphatic heterocycles. The van der Waals surface area contributed by atoms with Gasteiger partial charge in [-0.2, -0.15) is 0 Å². The van der Waals surface area contributed by atoms with Crippen LogP contribution in [0.5, 0.6) is 0 Å². The van der Waals surface area contributed by atoms with Crippen molar-refractivity contribution in [1.29, 1.82) is 0 Å². The molecule has 0 saturated heterocycles. The minimum atomic E-state index is 0.110. The molecule has 0 heterocycles. The lowest BCUT2D eigenvalue weighted by atomic mass is 9.96. The summed E-state index contributed by atoms with van der Waals surface area (Å²) in [6.45, 7) is 3.06. The molecule has 1 aromatic carbocycles. The van der Waals surface area contributed by atoms with Crippen LogP contribution >= 0.6 is 0 Å². The molecule has 0 spiro atoms. The second-order valence-corrected chi connectivity index (χ2v) is 4.36. The predicted molar refractivity (Wildman–Crippen MR) is 72.9 cm³/mol. The summed E-state index contributed by atoms with van der Waals surface area (Å²) in [7, 11) is 0. The van der Waals surface area contributed by atoms with Gasteiger partial charge < -0.3 is 4.79 Å². The summed E-state index contributed by atoms with van der Waals surface area (Å²) in [5.41, 5.74) is 4.20. The Morgan fingerprint density at radius 1 is 1.06 bits per heavy atom. The molecule has 0 unspecified atom stereocenters. The number of hydrogen-bond acceptors (Lipinski definition) is 2. The number of hydrogen-bond donors (Lipinski definition) is 0. The summed E-state index contributed by atoms with van der Waals surface area (Å²) in [6.07, 6.45) is 7.39. The number of fused-ring (bicyclic) bond motifs is 3. The normalized spacial score (nSPS) is 14.9. The minimum absolute atomic E-state index is 0.110. The Morgan fingerprint density at radius 3 is 2.44 bits per heavy atom. The van der Waals surface area contributed by atoms with Crippen molar-refractivity contribution >= 4 is 23.2 Å². The second-order valence-electron chi connectivity index (χ2n) is 4.36. The van der Waals surface area contributed by atoms with E-state index in [0.717, 1.165) is 16.7 Å². The summed E-state index contributed by atoms with van der Waals surface area (Å²) in [5, 5.41) is 0. The van der Waals surface area contributed by atoms with Gasteiger partial charge in [0.05, 0.1) is 0 Å². The van der Waals surface area contributed by atoms with Crippen LogP contribution in [0.4, 0.5) is 0 Å². The highest BCUT2D eigenvalue weighted by atomic mass is 16.1. The van der Waals surface area contributed by atoms with Crippen molar-refractivity contribution < 1.29 is 9.59 Å². The van der Waals surface area contributed by atoms with Crippen molar-refractivity contribution in [2.24, 2.45) is 0 Å². The van der Waals surface area contributed by atoms with E-state index in [-0.39, 0.29) is 11.6 Å². The lowest BCUT2D eigenvalue weighted by Gasteiger charge is -2.06. The largest absolute Gasteiger partial charge is 0.300 e. The molecule has 2 nitrogen and oxygen atoms in total. The Hall–Kier alpha value is -2.22. The quantitative estimate of drug-likeness (QED) is 0.695. The number of carbonyl (C=O) groups excluding carboxylic acids is 2. The van der Waals surface area contributed by atoms with E-state index < -0.39 is 0 Å². The van der Waals surface area contributed by atoms with Gasteiger partial charge in [0, 0.05) is 5.57 Å². The molecule has 0 N–H and O–H groups in total. The summed E-state index contributed by atoms with van der Waals surface area (Å²) in [4.78, 5) is 21.0. The summed E-state index contributed by atoms with van der Waals surface area (Å²) in [5.74, 6) is 0.277. The van der Waals surface area contributed by atoms with Gasteiger partial charge >= 0.3 is 0 Å². The molecule has 0 saturated carbocycles. The molecule has 18 heavy (non-hydrogen) atoms. The van der Waals surface area contributed by atoms with Crippen LogP contribution < -0.4 is 0 Å². The van der Waals surface area contributed by atoms with E-state index in [1.807, 2.05) is 36.4 Å². The lowest BCUT2D eigenvalue weighted by molar-refractivity contribution is -0.115.